The number of rotatable bonds is 4. The number of halogens is 3. The van der Waals surface area contributed by atoms with Crippen molar-refractivity contribution in [3.8, 4) is 0 Å². The van der Waals surface area contributed by atoms with Gasteiger partial charge in [-0.2, -0.15) is 0 Å². The molecule has 0 radical (unpaired) electrons. The molecule has 0 spiro atoms. The molecule has 4 nitrogen and oxygen atoms in total. The van der Waals surface area contributed by atoms with E-state index in [1.807, 2.05) is 5.32 Å². The van der Waals surface area contributed by atoms with E-state index < -0.39 is 11.6 Å². The summed E-state index contributed by atoms with van der Waals surface area (Å²) in [5, 5.41) is 2.77. The number of fused-ring (bicyclic) bond motifs is 1. The number of aromatic amines is 1. The first kappa shape index (κ1) is 16.5. The molecular weight excluding hydrogens is 336 g/mol. The van der Waals surface area contributed by atoms with E-state index in [1.54, 1.807) is 25.1 Å². The van der Waals surface area contributed by atoms with Gasteiger partial charge in [-0.25, -0.2) is 13.8 Å². The number of hydrogen-bond acceptors (Lipinski definition) is 2. The van der Waals surface area contributed by atoms with Crippen LogP contribution in [-0.4, -0.2) is 9.97 Å². The Balaban J connectivity index is 1.81. The van der Waals surface area contributed by atoms with Gasteiger partial charge in [-0.15, -0.1) is 0 Å². The minimum Gasteiger partial charge on any atom is -0.334 e. The molecule has 3 rings (SSSR count). The van der Waals surface area contributed by atoms with Crippen molar-refractivity contribution in [2.75, 3.05) is 0 Å². The summed E-state index contributed by atoms with van der Waals surface area (Å²) in [5.74, 6) is -0.740. The highest BCUT2D eigenvalue weighted by Gasteiger charge is 2.15. The Labute approximate surface area is 141 Å². The van der Waals surface area contributed by atoms with Crippen molar-refractivity contribution in [2.45, 2.75) is 19.5 Å². The molecule has 7 heteroatoms. The van der Waals surface area contributed by atoms with Crippen molar-refractivity contribution in [3.05, 3.63) is 74.8 Å². The van der Waals surface area contributed by atoms with Gasteiger partial charge >= 0.3 is 0 Å². The summed E-state index contributed by atoms with van der Waals surface area (Å²) in [6, 6.07) is 8.12. The molecule has 0 aliphatic heterocycles. The Morgan fingerprint density at radius 1 is 1.25 bits per heavy atom. The molecule has 0 bridgehead atoms. The maximum absolute atomic E-state index is 13.8. The van der Waals surface area contributed by atoms with Crippen LogP contribution in [0.1, 0.15) is 24.4 Å². The quantitative estimate of drug-likeness (QED) is 0.760. The highest BCUT2D eigenvalue weighted by atomic mass is 35.5. The van der Waals surface area contributed by atoms with Crippen molar-refractivity contribution >= 4 is 22.5 Å². The van der Waals surface area contributed by atoms with E-state index in [-0.39, 0.29) is 11.6 Å². The Morgan fingerprint density at radius 3 is 2.79 bits per heavy atom. The molecule has 1 atom stereocenters. The predicted octanol–water partition coefficient (Wildman–Crippen LogP) is 2.68. The number of benzene rings is 2. The second-order valence-corrected chi connectivity index (χ2v) is 6.00. The predicted molar refractivity (Wildman–Crippen MR) is 87.8 cm³/mol. The SMILES string of the molecule is C[C@H]([NH2+]Cc1nc2cc(Cl)ccc2c(=O)[nH]1)c1ccc(F)cc1F. The molecule has 24 heavy (non-hydrogen) atoms. The molecule has 0 saturated heterocycles. The summed E-state index contributed by atoms with van der Waals surface area (Å²) in [6.07, 6.45) is 0. The number of H-pyrrole nitrogens is 1. The summed E-state index contributed by atoms with van der Waals surface area (Å²) in [7, 11) is 0. The first-order valence-corrected chi connectivity index (χ1v) is 7.78. The van der Waals surface area contributed by atoms with Crippen LogP contribution in [-0.2, 0) is 6.54 Å². The van der Waals surface area contributed by atoms with E-state index in [4.69, 9.17) is 11.6 Å². The fourth-order valence-corrected chi connectivity index (χ4v) is 2.71. The number of nitrogens with two attached hydrogens (primary N) is 1. The van der Waals surface area contributed by atoms with Crippen LogP contribution in [0, 0.1) is 11.6 Å². The minimum absolute atomic E-state index is 0.249. The summed E-state index contributed by atoms with van der Waals surface area (Å²) in [5.41, 5.74) is 0.651. The highest BCUT2D eigenvalue weighted by Crippen LogP contribution is 2.16. The van der Waals surface area contributed by atoms with E-state index in [2.05, 4.69) is 9.97 Å². The monoisotopic (exact) mass is 350 g/mol. The average molecular weight is 351 g/mol. The average Bonchev–Trinajstić information content (AvgIpc) is 2.52. The van der Waals surface area contributed by atoms with Crippen LogP contribution < -0.4 is 10.9 Å². The molecule has 0 fully saturated rings. The molecule has 3 aromatic rings. The van der Waals surface area contributed by atoms with Crippen molar-refractivity contribution < 1.29 is 14.1 Å². The minimum atomic E-state index is -0.610. The zero-order valence-corrected chi connectivity index (χ0v) is 13.6. The van der Waals surface area contributed by atoms with Crippen LogP contribution >= 0.6 is 11.6 Å². The van der Waals surface area contributed by atoms with Gasteiger partial charge in [-0.1, -0.05) is 11.6 Å². The number of hydrogen-bond donors (Lipinski definition) is 2. The third kappa shape index (κ3) is 3.44. The highest BCUT2D eigenvalue weighted by molar-refractivity contribution is 6.31. The van der Waals surface area contributed by atoms with Crippen LogP contribution in [0.15, 0.2) is 41.2 Å². The molecule has 0 aliphatic rings. The third-order valence-electron chi connectivity index (χ3n) is 3.84. The molecule has 0 amide bonds. The summed E-state index contributed by atoms with van der Waals surface area (Å²) in [4.78, 5) is 19.1. The van der Waals surface area contributed by atoms with Gasteiger partial charge in [0, 0.05) is 16.7 Å². The Bertz CT molecular complexity index is 958. The lowest BCUT2D eigenvalue weighted by Crippen LogP contribution is -2.83. The van der Waals surface area contributed by atoms with Gasteiger partial charge in [0.05, 0.1) is 10.9 Å². The zero-order chi connectivity index (χ0) is 17.3. The Hall–Kier alpha value is -2.31. The van der Waals surface area contributed by atoms with E-state index in [0.29, 0.717) is 33.9 Å². The molecule has 2 aromatic carbocycles. The third-order valence-corrected chi connectivity index (χ3v) is 4.07. The largest absolute Gasteiger partial charge is 0.334 e. The van der Waals surface area contributed by atoms with Crippen molar-refractivity contribution in [1.82, 2.24) is 9.97 Å². The first-order chi connectivity index (χ1) is 11.4. The second-order valence-electron chi connectivity index (χ2n) is 5.57. The summed E-state index contributed by atoms with van der Waals surface area (Å²) in [6.45, 7) is 2.14. The smallest absolute Gasteiger partial charge is 0.258 e. The van der Waals surface area contributed by atoms with Gasteiger partial charge in [0.2, 0.25) is 0 Å². The lowest BCUT2D eigenvalue weighted by atomic mass is 10.1. The van der Waals surface area contributed by atoms with E-state index in [1.165, 1.54) is 12.1 Å². The Kier molecular flexibility index (Phi) is 4.59. The van der Waals surface area contributed by atoms with Crippen LogP contribution in [0.2, 0.25) is 5.02 Å². The van der Waals surface area contributed by atoms with E-state index in [9.17, 15) is 13.6 Å². The van der Waals surface area contributed by atoms with Crippen LogP contribution in [0.5, 0.6) is 0 Å². The van der Waals surface area contributed by atoms with E-state index in [0.717, 1.165) is 6.07 Å². The van der Waals surface area contributed by atoms with Gasteiger partial charge in [-0.3, -0.25) is 4.79 Å². The fourth-order valence-electron chi connectivity index (χ4n) is 2.54. The lowest BCUT2D eigenvalue weighted by molar-refractivity contribution is -0.709. The maximum atomic E-state index is 13.8. The van der Waals surface area contributed by atoms with Crippen LogP contribution in [0.4, 0.5) is 8.78 Å². The number of quaternary nitrogens is 1. The van der Waals surface area contributed by atoms with Gasteiger partial charge in [-0.05, 0) is 37.3 Å². The zero-order valence-electron chi connectivity index (χ0n) is 12.8. The molecule has 0 aliphatic carbocycles. The van der Waals surface area contributed by atoms with Gasteiger partial charge in [0.1, 0.15) is 24.2 Å². The number of aromatic nitrogens is 2. The molecule has 1 aromatic heterocycles. The van der Waals surface area contributed by atoms with Gasteiger partial charge < -0.3 is 10.3 Å². The second kappa shape index (κ2) is 6.67. The maximum Gasteiger partial charge on any atom is 0.258 e. The lowest BCUT2D eigenvalue weighted by Gasteiger charge is -2.12. The van der Waals surface area contributed by atoms with Crippen molar-refractivity contribution in [2.24, 2.45) is 0 Å². The standard InChI is InChI=1S/C17H14ClF2N3O/c1-9(12-5-3-11(19)7-14(12)20)21-8-16-22-15-6-10(18)2-4-13(15)17(24)23-16/h2-7,9,21H,8H2,1H3,(H,22,23,24)/p+1/t9-/m0/s1. The fraction of sp³-hybridized carbons (Fsp3) is 0.176. The Morgan fingerprint density at radius 2 is 2.04 bits per heavy atom. The normalized spacial score (nSPS) is 12.5. The van der Waals surface area contributed by atoms with Gasteiger partial charge in [0.15, 0.2) is 5.82 Å². The van der Waals surface area contributed by atoms with Crippen molar-refractivity contribution in [3.63, 3.8) is 0 Å². The topological polar surface area (TPSA) is 62.4 Å². The first-order valence-electron chi connectivity index (χ1n) is 7.41. The molecule has 0 unspecified atom stereocenters. The molecular formula is C17H15ClF2N3O+. The van der Waals surface area contributed by atoms with Crippen LogP contribution in [0.25, 0.3) is 10.9 Å². The molecule has 124 valence electrons. The van der Waals surface area contributed by atoms with Crippen LogP contribution in [0.3, 0.4) is 0 Å². The summed E-state index contributed by atoms with van der Waals surface area (Å²) < 4.78 is 26.8. The molecule has 1 heterocycles. The van der Waals surface area contributed by atoms with E-state index >= 15 is 0 Å². The summed E-state index contributed by atoms with van der Waals surface area (Å²) >= 11 is 5.93. The van der Waals surface area contributed by atoms with Gasteiger partial charge in [0.25, 0.3) is 5.56 Å². The van der Waals surface area contributed by atoms with Crippen molar-refractivity contribution in [1.29, 1.82) is 0 Å². The molecule has 0 saturated carbocycles. The number of nitrogens with one attached hydrogen (secondary N) is 1. The number of nitrogens with zero attached hydrogens (tertiary/aromatic N) is 1. The molecule has 3 N–H and O–H groups in total.